The van der Waals surface area contributed by atoms with Crippen molar-refractivity contribution < 1.29 is 9.90 Å². The van der Waals surface area contributed by atoms with Crippen molar-refractivity contribution in [1.82, 2.24) is 4.98 Å². The van der Waals surface area contributed by atoms with Gasteiger partial charge in [-0.3, -0.25) is 4.79 Å². The second-order valence-corrected chi connectivity index (χ2v) is 5.68. The van der Waals surface area contributed by atoms with Crippen LogP contribution in [0.25, 0.3) is 0 Å². The van der Waals surface area contributed by atoms with E-state index in [0.717, 1.165) is 22.4 Å². The number of aromatic nitrogens is 1. The molecule has 0 amide bonds. The van der Waals surface area contributed by atoms with Crippen LogP contribution in [-0.4, -0.2) is 29.1 Å². The largest absolute Gasteiger partial charge is 0.481 e. The van der Waals surface area contributed by atoms with E-state index in [9.17, 15) is 9.90 Å². The molecule has 17 heavy (non-hydrogen) atoms. The van der Waals surface area contributed by atoms with Crippen molar-refractivity contribution in [2.75, 3.05) is 18.0 Å². The standard InChI is InChI=1S/C12H15BrN2O2/c1-8-5-10(14-6-9(8)13)15-4-3-12(2,7-15)11(16)17/h5-6H,3-4,7H2,1-2H3,(H,16,17). The average molecular weight is 299 g/mol. The van der Waals surface area contributed by atoms with E-state index in [2.05, 4.69) is 20.9 Å². The molecule has 1 aliphatic heterocycles. The van der Waals surface area contributed by atoms with E-state index in [1.165, 1.54) is 0 Å². The third-order valence-corrected chi connectivity index (χ3v) is 4.18. The summed E-state index contributed by atoms with van der Waals surface area (Å²) < 4.78 is 0.974. The number of rotatable bonds is 2. The van der Waals surface area contributed by atoms with E-state index in [0.29, 0.717) is 13.0 Å². The highest BCUT2D eigenvalue weighted by atomic mass is 79.9. The highest BCUT2D eigenvalue weighted by Crippen LogP contribution is 2.33. The lowest BCUT2D eigenvalue weighted by Gasteiger charge is -2.21. The second kappa shape index (κ2) is 4.29. The molecule has 1 fully saturated rings. The molecule has 2 rings (SSSR count). The smallest absolute Gasteiger partial charge is 0.311 e. The molecule has 0 radical (unpaired) electrons. The molecule has 1 saturated heterocycles. The van der Waals surface area contributed by atoms with Crippen molar-refractivity contribution in [3.05, 3.63) is 22.3 Å². The van der Waals surface area contributed by atoms with E-state index in [1.807, 2.05) is 17.9 Å². The van der Waals surface area contributed by atoms with Crippen LogP contribution in [0.2, 0.25) is 0 Å². The Bertz CT molecular complexity index is 464. The Morgan fingerprint density at radius 3 is 2.88 bits per heavy atom. The molecule has 0 aliphatic carbocycles. The van der Waals surface area contributed by atoms with Gasteiger partial charge in [-0.2, -0.15) is 0 Å². The molecule has 1 aromatic rings. The summed E-state index contributed by atoms with van der Waals surface area (Å²) in [6.45, 7) is 5.07. The molecule has 1 unspecified atom stereocenters. The summed E-state index contributed by atoms with van der Waals surface area (Å²) in [5.41, 5.74) is 0.460. The van der Waals surface area contributed by atoms with Gasteiger partial charge in [0.1, 0.15) is 5.82 Å². The van der Waals surface area contributed by atoms with Crippen LogP contribution in [0, 0.1) is 12.3 Å². The van der Waals surface area contributed by atoms with Crippen LogP contribution in [0.5, 0.6) is 0 Å². The fourth-order valence-corrected chi connectivity index (χ4v) is 2.25. The molecule has 0 spiro atoms. The number of halogens is 1. The van der Waals surface area contributed by atoms with Crippen molar-refractivity contribution in [2.24, 2.45) is 5.41 Å². The molecule has 2 heterocycles. The van der Waals surface area contributed by atoms with Crippen molar-refractivity contribution in [3.8, 4) is 0 Å². The first kappa shape index (κ1) is 12.4. The average Bonchev–Trinajstić information content (AvgIpc) is 2.67. The van der Waals surface area contributed by atoms with Crippen LogP contribution in [0.1, 0.15) is 18.9 Å². The summed E-state index contributed by atoms with van der Waals surface area (Å²) in [6, 6.07) is 1.98. The van der Waals surface area contributed by atoms with E-state index >= 15 is 0 Å². The molecule has 1 aromatic heterocycles. The molecule has 1 N–H and O–H groups in total. The van der Waals surface area contributed by atoms with Crippen LogP contribution in [0.4, 0.5) is 5.82 Å². The highest BCUT2D eigenvalue weighted by Gasteiger charge is 2.40. The Labute approximate surface area is 109 Å². The lowest BCUT2D eigenvalue weighted by molar-refractivity contribution is -0.146. The lowest BCUT2D eigenvalue weighted by atomic mass is 9.90. The number of anilines is 1. The van der Waals surface area contributed by atoms with Crippen molar-refractivity contribution in [3.63, 3.8) is 0 Å². The summed E-state index contributed by atoms with van der Waals surface area (Å²) in [4.78, 5) is 17.5. The molecule has 0 aromatic carbocycles. The Morgan fingerprint density at radius 2 is 2.35 bits per heavy atom. The molecule has 1 atom stereocenters. The zero-order valence-corrected chi connectivity index (χ0v) is 11.5. The van der Waals surface area contributed by atoms with Gasteiger partial charge in [0.2, 0.25) is 0 Å². The van der Waals surface area contributed by atoms with Crippen molar-refractivity contribution in [1.29, 1.82) is 0 Å². The predicted molar refractivity (Wildman–Crippen MR) is 69.2 cm³/mol. The maximum absolute atomic E-state index is 11.2. The molecular weight excluding hydrogens is 284 g/mol. The summed E-state index contributed by atoms with van der Waals surface area (Å²) in [7, 11) is 0. The third-order valence-electron chi connectivity index (χ3n) is 3.35. The van der Waals surface area contributed by atoms with Gasteiger partial charge >= 0.3 is 5.97 Å². The Balaban J connectivity index is 2.21. The fourth-order valence-electron chi connectivity index (χ4n) is 2.03. The van der Waals surface area contributed by atoms with E-state index in [1.54, 1.807) is 13.1 Å². The number of carbonyl (C=O) groups is 1. The van der Waals surface area contributed by atoms with E-state index in [-0.39, 0.29) is 0 Å². The first-order chi connectivity index (χ1) is 7.92. The van der Waals surface area contributed by atoms with Gasteiger partial charge in [-0.25, -0.2) is 4.98 Å². The lowest BCUT2D eigenvalue weighted by Crippen LogP contribution is -2.32. The van der Waals surface area contributed by atoms with Crippen LogP contribution >= 0.6 is 15.9 Å². The number of pyridine rings is 1. The van der Waals surface area contributed by atoms with Crippen LogP contribution in [0.15, 0.2) is 16.7 Å². The zero-order valence-electron chi connectivity index (χ0n) is 9.90. The number of nitrogens with zero attached hydrogens (tertiary/aromatic N) is 2. The van der Waals surface area contributed by atoms with Crippen LogP contribution in [0.3, 0.4) is 0 Å². The minimum atomic E-state index is -0.728. The van der Waals surface area contributed by atoms with Gasteiger partial charge in [-0.1, -0.05) is 0 Å². The summed E-state index contributed by atoms with van der Waals surface area (Å²) in [6.07, 6.45) is 2.43. The van der Waals surface area contributed by atoms with Gasteiger partial charge in [-0.15, -0.1) is 0 Å². The number of carboxylic acid groups (broad SMARTS) is 1. The molecule has 4 nitrogen and oxygen atoms in total. The Morgan fingerprint density at radius 1 is 1.65 bits per heavy atom. The number of carboxylic acids is 1. The number of aryl methyl sites for hydroxylation is 1. The maximum Gasteiger partial charge on any atom is 0.311 e. The van der Waals surface area contributed by atoms with Crippen molar-refractivity contribution >= 4 is 27.7 Å². The molecule has 0 bridgehead atoms. The quantitative estimate of drug-likeness (QED) is 0.911. The Kier molecular flexibility index (Phi) is 3.12. The maximum atomic E-state index is 11.2. The third kappa shape index (κ3) is 2.29. The molecular formula is C12H15BrN2O2. The van der Waals surface area contributed by atoms with Crippen LogP contribution in [-0.2, 0) is 4.79 Å². The van der Waals surface area contributed by atoms with Crippen molar-refractivity contribution in [2.45, 2.75) is 20.3 Å². The van der Waals surface area contributed by atoms with Gasteiger partial charge in [0.25, 0.3) is 0 Å². The fraction of sp³-hybridized carbons (Fsp3) is 0.500. The zero-order chi connectivity index (χ0) is 12.6. The predicted octanol–water partition coefficient (Wildman–Crippen LogP) is 2.45. The molecule has 92 valence electrons. The highest BCUT2D eigenvalue weighted by molar-refractivity contribution is 9.10. The summed E-state index contributed by atoms with van der Waals surface area (Å²) in [5, 5.41) is 9.18. The van der Waals surface area contributed by atoms with Gasteiger partial charge in [0, 0.05) is 23.8 Å². The number of hydrogen-bond acceptors (Lipinski definition) is 3. The van der Waals surface area contributed by atoms with E-state index < -0.39 is 11.4 Å². The minimum absolute atomic E-state index is 0.524. The van der Waals surface area contributed by atoms with Gasteiger partial charge < -0.3 is 10.0 Å². The topological polar surface area (TPSA) is 53.4 Å². The molecule has 5 heteroatoms. The molecule has 0 saturated carbocycles. The SMILES string of the molecule is Cc1cc(N2CCC(C)(C(=O)O)C2)ncc1Br. The molecule has 1 aliphatic rings. The number of aliphatic carboxylic acids is 1. The first-order valence-corrected chi connectivity index (χ1v) is 6.32. The monoisotopic (exact) mass is 298 g/mol. The normalized spacial score (nSPS) is 24.1. The van der Waals surface area contributed by atoms with Gasteiger partial charge in [0.05, 0.1) is 5.41 Å². The first-order valence-electron chi connectivity index (χ1n) is 5.53. The van der Waals surface area contributed by atoms with Gasteiger partial charge in [-0.05, 0) is 47.8 Å². The van der Waals surface area contributed by atoms with E-state index in [4.69, 9.17) is 0 Å². The summed E-state index contributed by atoms with van der Waals surface area (Å²) >= 11 is 3.41. The summed E-state index contributed by atoms with van der Waals surface area (Å²) in [5.74, 6) is 0.129. The van der Waals surface area contributed by atoms with Gasteiger partial charge in [0.15, 0.2) is 0 Å². The second-order valence-electron chi connectivity index (χ2n) is 4.83. The Hall–Kier alpha value is -1.10. The van der Waals surface area contributed by atoms with Crippen LogP contribution < -0.4 is 4.90 Å². The minimum Gasteiger partial charge on any atom is -0.481 e. The number of hydrogen-bond donors (Lipinski definition) is 1.